The molecular formula is C16H33NO3. The highest BCUT2D eigenvalue weighted by molar-refractivity contribution is 4.87. The Kier molecular flexibility index (Phi) is 8.69. The Labute approximate surface area is 124 Å². The molecular weight excluding hydrogens is 254 g/mol. The number of ether oxygens (including phenoxy) is 2. The van der Waals surface area contributed by atoms with Gasteiger partial charge in [-0.3, -0.25) is 0 Å². The van der Waals surface area contributed by atoms with E-state index in [-0.39, 0.29) is 5.41 Å². The maximum Gasteiger partial charge on any atom is 0.0589 e. The molecule has 20 heavy (non-hydrogen) atoms. The second kappa shape index (κ2) is 9.72. The number of nitrogens with zero attached hydrogens (tertiary/aromatic N) is 1. The smallest absolute Gasteiger partial charge is 0.0589 e. The van der Waals surface area contributed by atoms with E-state index in [2.05, 4.69) is 11.8 Å². The van der Waals surface area contributed by atoms with Crippen LogP contribution in [-0.2, 0) is 9.47 Å². The Balaban J connectivity index is 2.50. The van der Waals surface area contributed by atoms with Gasteiger partial charge in [-0.1, -0.05) is 19.8 Å². The van der Waals surface area contributed by atoms with Crippen molar-refractivity contribution in [3.8, 4) is 0 Å². The zero-order valence-electron chi connectivity index (χ0n) is 13.6. The first-order valence-corrected chi connectivity index (χ1v) is 7.97. The minimum absolute atomic E-state index is 0.104. The Bertz CT molecular complexity index is 240. The van der Waals surface area contributed by atoms with Crippen LogP contribution in [0.3, 0.4) is 0 Å². The fourth-order valence-corrected chi connectivity index (χ4v) is 3.14. The summed E-state index contributed by atoms with van der Waals surface area (Å²) in [6, 6.07) is 0. The summed E-state index contributed by atoms with van der Waals surface area (Å²) < 4.78 is 10.4. The van der Waals surface area contributed by atoms with Gasteiger partial charge in [0.25, 0.3) is 0 Å². The van der Waals surface area contributed by atoms with E-state index >= 15 is 0 Å². The highest BCUT2D eigenvalue weighted by Gasteiger charge is 2.35. The summed E-state index contributed by atoms with van der Waals surface area (Å²) in [6.07, 6.45) is 5.84. The quantitative estimate of drug-likeness (QED) is 0.625. The van der Waals surface area contributed by atoms with Crippen LogP contribution in [0, 0.1) is 11.3 Å². The second-order valence-electron chi connectivity index (χ2n) is 6.46. The number of aliphatic hydroxyl groups is 1. The first-order chi connectivity index (χ1) is 9.65. The van der Waals surface area contributed by atoms with Crippen LogP contribution in [0.2, 0.25) is 0 Å². The molecule has 0 unspecified atom stereocenters. The number of hydrogen-bond acceptors (Lipinski definition) is 4. The predicted octanol–water partition coefficient (Wildman–Crippen LogP) is 2.16. The molecule has 120 valence electrons. The monoisotopic (exact) mass is 287 g/mol. The zero-order valence-corrected chi connectivity index (χ0v) is 13.6. The van der Waals surface area contributed by atoms with Crippen molar-refractivity contribution >= 4 is 0 Å². The molecule has 1 fully saturated rings. The minimum atomic E-state index is 0.104. The molecule has 0 saturated heterocycles. The predicted molar refractivity (Wildman–Crippen MR) is 82.0 cm³/mol. The van der Waals surface area contributed by atoms with Crippen LogP contribution < -0.4 is 0 Å². The van der Waals surface area contributed by atoms with Crippen LogP contribution in [-0.4, -0.2) is 63.7 Å². The first kappa shape index (κ1) is 17.9. The standard InChI is InChI=1S/C16H33NO3/c1-15-5-7-16(14-18,8-6-15)13-17(10-12-20-3)9-4-11-19-2/h15,18H,4-14H2,1-3H3. The van der Waals surface area contributed by atoms with Crippen molar-refractivity contribution in [3.05, 3.63) is 0 Å². The minimum Gasteiger partial charge on any atom is -0.396 e. The molecule has 0 aromatic carbocycles. The molecule has 4 nitrogen and oxygen atoms in total. The third kappa shape index (κ3) is 6.08. The maximum absolute atomic E-state index is 9.89. The molecule has 1 N–H and O–H groups in total. The Morgan fingerprint density at radius 1 is 1.10 bits per heavy atom. The maximum atomic E-state index is 9.89. The summed E-state index contributed by atoms with van der Waals surface area (Å²) in [6.45, 7) is 7.14. The van der Waals surface area contributed by atoms with Crippen molar-refractivity contribution in [2.75, 3.05) is 53.7 Å². The van der Waals surface area contributed by atoms with Crippen LogP contribution in [0.1, 0.15) is 39.0 Å². The molecule has 0 bridgehead atoms. The molecule has 0 heterocycles. The lowest BCUT2D eigenvalue weighted by Gasteiger charge is -2.41. The summed E-state index contributed by atoms with van der Waals surface area (Å²) >= 11 is 0. The molecule has 0 spiro atoms. The van der Waals surface area contributed by atoms with E-state index in [1.54, 1.807) is 14.2 Å². The zero-order chi connectivity index (χ0) is 14.8. The number of hydrogen-bond donors (Lipinski definition) is 1. The van der Waals surface area contributed by atoms with Crippen LogP contribution in [0.4, 0.5) is 0 Å². The lowest BCUT2D eigenvalue weighted by molar-refractivity contribution is 0.0195. The van der Waals surface area contributed by atoms with Crippen molar-refractivity contribution in [1.82, 2.24) is 4.90 Å². The third-order valence-corrected chi connectivity index (χ3v) is 4.66. The van der Waals surface area contributed by atoms with Gasteiger partial charge in [0.2, 0.25) is 0 Å². The SMILES string of the molecule is COCCCN(CCOC)CC1(CO)CCC(C)CC1. The summed E-state index contributed by atoms with van der Waals surface area (Å²) in [5, 5.41) is 9.89. The molecule has 0 radical (unpaired) electrons. The van der Waals surface area contributed by atoms with E-state index in [9.17, 15) is 5.11 Å². The summed E-state index contributed by atoms with van der Waals surface area (Å²) in [5.74, 6) is 0.815. The van der Waals surface area contributed by atoms with Crippen LogP contribution >= 0.6 is 0 Å². The molecule has 1 aliphatic carbocycles. The average Bonchev–Trinajstić information content (AvgIpc) is 2.47. The largest absolute Gasteiger partial charge is 0.396 e. The highest BCUT2D eigenvalue weighted by atomic mass is 16.5. The van der Waals surface area contributed by atoms with Crippen molar-refractivity contribution < 1.29 is 14.6 Å². The second-order valence-corrected chi connectivity index (χ2v) is 6.46. The molecule has 1 aliphatic rings. The van der Waals surface area contributed by atoms with Gasteiger partial charge >= 0.3 is 0 Å². The molecule has 0 aromatic heterocycles. The third-order valence-electron chi connectivity index (χ3n) is 4.66. The van der Waals surface area contributed by atoms with Gasteiger partial charge in [-0.15, -0.1) is 0 Å². The van der Waals surface area contributed by atoms with Gasteiger partial charge in [0.1, 0.15) is 0 Å². The van der Waals surface area contributed by atoms with E-state index in [1.807, 2.05) is 0 Å². The lowest BCUT2D eigenvalue weighted by Crippen LogP contribution is -2.44. The number of rotatable bonds is 10. The number of aliphatic hydroxyl groups excluding tert-OH is 1. The van der Waals surface area contributed by atoms with Crippen LogP contribution in [0.25, 0.3) is 0 Å². The van der Waals surface area contributed by atoms with E-state index < -0.39 is 0 Å². The fourth-order valence-electron chi connectivity index (χ4n) is 3.14. The molecule has 4 heteroatoms. The normalized spacial score (nSPS) is 27.1. The van der Waals surface area contributed by atoms with Gasteiger partial charge in [-0.05, 0) is 25.2 Å². The van der Waals surface area contributed by atoms with Crippen molar-refractivity contribution in [3.63, 3.8) is 0 Å². The van der Waals surface area contributed by atoms with Crippen LogP contribution in [0.15, 0.2) is 0 Å². The fraction of sp³-hybridized carbons (Fsp3) is 1.00. The highest BCUT2D eigenvalue weighted by Crippen LogP contribution is 2.39. The van der Waals surface area contributed by atoms with Gasteiger partial charge < -0.3 is 19.5 Å². The molecule has 1 rings (SSSR count). The van der Waals surface area contributed by atoms with Crippen molar-refractivity contribution in [2.24, 2.45) is 11.3 Å². The molecule has 0 aliphatic heterocycles. The van der Waals surface area contributed by atoms with Gasteiger partial charge in [0.15, 0.2) is 0 Å². The van der Waals surface area contributed by atoms with E-state index in [4.69, 9.17) is 9.47 Å². The Hall–Kier alpha value is -0.160. The summed E-state index contributed by atoms with van der Waals surface area (Å²) in [5.41, 5.74) is 0.104. The molecule has 0 atom stereocenters. The molecule has 1 saturated carbocycles. The Morgan fingerprint density at radius 3 is 2.30 bits per heavy atom. The first-order valence-electron chi connectivity index (χ1n) is 7.97. The Morgan fingerprint density at radius 2 is 1.75 bits per heavy atom. The summed E-state index contributed by atoms with van der Waals surface area (Å²) in [4.78, 5) is 2.44. The van der Waals surface area contributed by atoms with Crippen molar-refractivity contribution in [1.29, 1.82) is 0 Å². The van der Waals surface area contributed by atoms with Crippen molar-refractivity contribution in [2.45, 2.75) is 39.0 Å². The average molecular weight is 287 g/mol. The molecule has 0 amide bonds. The van der Waals surface area contributed by atoms with Gasteiger partial charge in [-0.25, -0.2) is 0 Å². The van der Waals surface area contributed by atoms with Gasteiger partial charge in [0.05, 0.1) is 6.61 Å². The topological polar surface area (TPSA) is 41.9 Å². The lowest BCUT2D eigenvalue weighted by atomic mass is 9.71. The van der Waals surface area contributed by atoms with E-state index in [0.29, 0.717) is 6.61 Å². The van der Waals surface area contributed by atoms with E-state index in [1.165, 1.54) is 12.8 Å². The number of methoxy groups -OCH3 is 2. The van der Waals surface area contributed by atoms with Gasteiger partial charge in [-0.2, -0.15) is 0 Å². The summed E-state index contributed by atoms with van der Waals surface area (Å²) in [7, 11) is 3.49. The van der Waals surface area contributed by atoms with Crippen LogP contribution in [0.5, 0.6) is 0 Å². The van der Waals surface area contributed by atoms with Gasteiger partial charge in [0, 0.05) is 52.5 Å². The van der Waals surface area contributed by atoms with E-state index in [0.717, 1.165) is 58.0 Å². The molecule has 0 aromatic rings.